The van der Waals surface area contributed by atoms with Gasteiger partial charge in [0.25, 0.3) is 5.91 Å². The van der Waals surface area contributed by atoms with E-state index in [9.17, 15) is 13.2 Å². The van der Waals surface area contributed by atoms with Crippen molar-refractivity contribution in [3.8, 4) is 5.75 Å². The number of nitrogens with one attached hydrogen (secondary N) is 1. The van der Waals surface area contributed by atoms with Crippen molar-refractivity contribution in [1.82, 2.24) is 14.5 Å². The molecule has 7 rings (SSSR count). The molecule has 2 aromatic rings. The number of hydrogen-bond acceptors (Lipinski definition) is 10. The van der Waals surface area contributed by atoms with Gasteiger partial charge in [-0.1, -0.05) is 36.7 Å². The number of carbonyl (C=O) groups is 1. The fraction of sp³-hybridized carbons (Fsp3) is 0.634. The molecule has 1 aliphatic carbocycles. The third-order valence-electron chi connectivity index (χ3n) is 12.6. The lowest BCUT2D eigenvalue weighted by molar-refractivity contribution is -0.107. The number of halogens is 1. The van der Waals surface area contributed by atoms with E-state index in [0.29, 0.717) is 35.8 Å². The van der Waals surface area contributed by atoms with Crippen LogP contribution in [0, 0.1) is 17.8 Å². The highest BCUT2D eigenvalue weighted by Crippen LogP contribution is 2.47. The molecule has 0 aromatic heterocycles. The molecule has 11 nitrogen and oxygen atoms in total. The number of benzene rings is 2. The number of allylic oxidation sites excluding steroid dienone is 1. The number of ether oxygens (including phenoxy) is 4. The maximum absolute atomic E-state index is 13.9. The zero-order valence-corrected chi connectivity index (χ0v) is 33.6. The van der Waals surface area contributed by atoms with Crippen LogP contribution < -0.4 is 14.4 Å². The standard InChI is InChI=1S/C41H57ClN4O7S/c1-29-7-6-15-41(51-3,28-44-17-19-45(20-18-44)35-25-52-26-35)36-13-10-32(36)23-46-16-5-4-8-30-21-34(42)12-9-33(30)24-53-38-14-11-31(22-37(38)46)40(47)43-54(48,49)39(29)27-50-2/h6,9,11-12,14-15,21-22,29,32,35-36,39H,4-5,7-8,10,13,16-20,23-28H2,1-3H3,(H,43,47)/b15-6+/t29-,32-,36+,39+,41-/m0/s1. The Hall–Kier alpha value is -2.71. The summed E-state index contributed by atoms with van der Waals surface area (Å²) in [6.45, 7) is 10.1. The third kappa shape index (κ3) is 8.65. The zero-order chi connectivity index (χ0) is 37.9. The van der Waals surface area contributed by atoms with Crippen LogP contribution >= 0.6 is 11.6 Å². The van der Waals surface area contributed by atoms with Gasteiger partial charge in [-0.2, -0.15) is 0 Å². The van der Waals surface area contributed by atoms with E-state index in [0.717, 1.165) is 102 Å². The Bertz CT molecular complexity index is 1770. The quantitative estimate of drug-likeness (QED) is 0.395. The minimum atomic E-state index is -4.10. The molecule has 1 amide bonds. The highest BCUT2D eigenvalue weighted by molar-refractivity contribution is 7.90. The molecular formula is C41H57ClN4O7S. The van der Waals surface area contributed by atoms with Gasteiger partial charge in [0.1, 0.15) is 23.2 Å². The summed E-state index contributed by atoms with van der Waals surface area (Å²) in [5, 5.41) is -0.224. The molecule has 5 atom stereocenters. The first kappa shape index (κ1) is 39.5. The molecule has 0 spiro atoms. The molecule has 2 saturated heterocycles. The highest BCUT2D eigenvalue weighted by atomic mass is 35.5. The van der Waals surface area contributed by atoms with Crippen LogP contribution in [0.2, 0.25) is 5.02 Å². The van der Waals surface area contributed by atoms with Gasteiger partial charge in [-0.15, -0.1) is 0 Å². The molecule has 0 unspecified atom stereocenters. The second kappa shape index (κ2) is 17.2. The summed E-state index contributed by atoms with van der Waals surface area (Å²) in [6.07, 6.45) is 9.73. The van der Waals surface area contributed by atoms with Gasteiger partial charge in [0.05, 0.1) is 31.5 Å². The summed E-state index contributed by atoms with van der Waals surface area (Å²) in [4.78, 5) is 21.2. The van der Waals surface area contributed by atoms with E-state index in [4.69, 9.17) is 30.5 Å². The number of methoxy groups -OCH3 is 2. The number of anilines is 1. The van der Waals surface area contributed by atoms with Crippen molar-refractivity contribution in [2.75, 3.05) is 84.8 Å². The summed E-state index contributed by atoms with van der Waals surface area (Å²) >= 11 is 6.41. The first-order valence-corrected chi connectivity index (χ1v) is 21.6. The highest BCUT2D eigenvalue weighted by Gasteiger charge is 2.48. The van der Waals surface area contributed by atoms with Gasteiger partial charge in [-0.3, -0.25) is 14.6 Å². The van der Waals surface area contributed by atoms with Crippen molar-refractivity contribution in [2.45, 2.75) is 68.9 Å². The number of hydrogen-bond donors (Lipinski definition) is 1. The fourth-order valence-electron chi connectivity index (χ4n) is 9.06. The molecule has 1 saturated carbocycles. The molecule has 1 N–H and O–H groups in total. The number of rotatable bonds is 6. The molecular weight excluding hydrogens is 728 g/mol. The Morgan fingerprint density at radius 3 is 2.52 bits per heavy atom. The summed E-state index contributed by atoms with van der Waals surface area (Å²) < 4.78 is 54.3. The van der Waals surface area contributed by atoms with Crippen LogP contribution in [-0.4, -0.2) is 121 Å². The smallest absolute Gasteiger partial charge is 0.264 e. The average molecular weight is 785 g/mol. The van der Waals surface area contributed by atoms with E-state index < -0.39 is 26.8 Å². The van der Waals surface area contributed by atoms with E-state index in [1.807, 2.05) is 44.4 Å². The van der Waals surface area contributed by atoms with Crippen molar-refractivity contribution in [2.24, 2.45) is 17.8 Å². The Kier molecular flexibility index (Phi) is 12.6. The third-order valence-corrected chi connectivity index (χ3v) is 14.7. The van der Waals surface area contributed by atoms with Gasteiger partial charge in [0, 0.05) is 70.6 Å². The first-order chi connectivity index (χ1) is 26.1. The van der Waals surface area contributed by atoms with E-state index in [1.54, 1.807) is 6.07 Å². The molecule has 13 heteroatoms. The maximum Gasteiger partial charge on any atom is 0.264 e. The molecule has 4 aliphatic heterocycles. The number of aryl methyl sites for hydroxylation is 1. The molecule has 296 valence electrons. The second-order valence-corrected chi connectivity index (χ2v) is 18.3. The fourth-order valence-corrected chi connectivity index (χ4v) is 10.8. The summed E-state index contributed by atoms with van der Waals surface area (Å²) in [6, 6.07) is 11.8. The molecule has 2 bridgehead atoms. The summed E-state index contributed by atoms with van der Waals surface area (Å²) in [5.41, 5.74) is 2.78. The van der Waals surface area contributed by atoms with Crippen LogP contribution in [0.15, 0.2) is 48.6 Å². The van der Waals surface area contributed by atoms with E-state index in [-0.39, 0.29) is 24.0 Å². The van der Waals surface area contributed by atoms with Gasteiger partial charge < -0.3 is 23.8 Å². The lowest BCUT2D eigenvalue weighted by atomic mass is 9.63. The van der Waals surface area contributed by atoms with E-state index in [1.165, 1.54) is 12.7 Å². The number of sulfonamides is 1. The summed E-state index contributed by atoms with van der Waals surface area (Å²) in [7, 11) is -0.772. The van der Waals surface area contributed by atoms with Crippen LogP contribution in [0.3, 0.4) is 0 Å². The van der Waals surface area contributed by atoms with Crippen LogP contribution in [0.1, 0.15) is 60.5 Å². The van der Waals surface area contributed by atoms with Crippen molar-refractivity contribution < 1.29 is 32.2 Å². The normalized spacial score (nSPS) is 30.7. The van der Waals surface area contributed by atoms with Gasteiger partial charge in [-0.05, 0) is 97.7 Å². The van der Waals surface area contributed by atoms with Crippen LogP contribution in [0.4, 0.5) is 5.69 Å². The largest absolute Gasteiger partial charge is 0.487 e. The average Bonchev–Trinajstić information content (AvgIpc) is 3.14. The second-order valence-electron chi connectivity index (χ2n) is 16.0. The molecule has 3 fully saturated rings. The molecule has 2 aromatic carbocycles. The van der Waals surface area contributed by atoms with Crippen LogP contribution in [-0.2, 0) is 37.3 Å². The Morgan fingerprint density at radius 1 is 1.00 bits per heavy atom. The first-order valence-electron chi connectivity index (χ1n) is 19.7. The van der Waals surface area contributed by atoms with Gasteiger partial charge in [0.2, 0.25) is 10.0 Å². The molecule has 0 radical (unpaired) electrons. The lowest BCUT2D eigenvalue weighted by Gasteiger charge is -2.52. The Balaban J connectivity index is 1.25. The predicted molar refractivity (Wildman–Crippen MR) is 211 cm³/mol. The topological polar surface area (TPSA) is 110 Å². The maximum atomic E-state index is 13.9. The van der Waals surface area contributed by atoms with Crippen molar-refractivity contribution in [1.29, 1.82) is 0 Å². The number of fused-ring (bicyclic) bond motifs is 3. The Morgan fingerprint density at radius 2 is 1.81 bits per heavy atom. The van der Waals surface area contributed by atoms with Gasteiger partial charge in [-0.25, -0.2) is 13.1 Å². The summed E-state index contributed by atoms with van der Waals surface area (Å²) in [5.74, 6) is 0.259. The SMILES string of the molecule is COC[C@@H]1[C@@H](C)C/C=C/[C@@](CN2CCN(C3COC3)CC2)(OC)[C@@H]2CC[C@H]2CN2CCCCc3cc(Cl)ccc3COc3ccc(cc32)C(=O)NS1(=O)=O. The lowest BCUT2D eigenvalue weighted by Crippen LogP contribution is -2.61. The zero-order valence-electron chi connectivity index (χ0n) is 32.0. The minimum Gasteiger partial charge on any atom is -0.487 e. The van der Waals surface area contributed by atoms with Crippen molar-refractivity contribution >= 4 is 33.2 Å². The van der Waals surface area contributed by atoms with Crippen molar-refractivity contribution in [3.05, 3.63) is 70.3 Å². The monoisotopic (exact) mass is 784 g/mol. The van der Waals surface area contributed by atoms with Crippen molar-refractivity contribution in [3.63, 3.8) is 0 Å². The van der Waals surface area contributed by atoms with Gasteiger partial charge >= 0.3 is 0 Å². The van der Waals surface area contributed by atoms with Crippen LogP contribution in [0.25, 0.3) is 0 Å². The number of amides is 1. The van der Waals surface area contributed by atoms with Gasteiger partial charge in [0.15, 0.2) is 0 Å². The van der Waals surface area contributed by atoms with E-state index >= 15 is 0 Å². The predicted octanol–water partition coefficient (Wildman–Crippen LogP) is 5.16. The number of carbonyl (C=O) groups excluding carboxylic acids is 1. The van der Waals surface area contributed by atoms with Crippen LogP contribution in [0.5, 0.6) is 5.75 Å². The van der Waals surface area contributed by atoms with E-state index in [2.05, 4.69) is 31.6 Å². The number of piperazine rings is 1. The molecule has 4 heterocycles. The minimum absolute atomic E-state index is 0.0352. The number of nitrogens with zero attached hydrogens (tertiary/aromatic N) is 3. The molecule has 54 heavy (non-hydrogen) atoms. The molecule has 5 aliphatic rings. The Labute approximate surface area is 326 Å².